The van der Waals surface area contributed by atoms with Gasteiger partial charge in [-0.3, -0.25) is 9.59 Å². The molecule has 0 saturated carbocycles. The molecule has 0 radical (unpaired) electrons. The van der Waals surface area contributed by atoms with Crippen LogP contribution in [0.5, 0.6) is 0 Å². The summed E-state index contributed by atoms with van der Waals surface area (Å²) >= 11 is 2.76. The van der Waals surface area contributed by atoms with Crippen molar-refractivity contribution < 1.29 is 9.59 Å². The molecule has 5 nitrogen and oxygen atoms in total. The lowest BCUT2D eigenvalue weighted by molar-refractivity contribution is -0.118. The van der Waals surface area contributed by atoms with Crippen molar-refractivity contribution in [2.75, 3.05) is 5.32 Å². The third-order valence-electron chi connectivity index (χ3n) is 2.83. The van der Waals surface area contributed by atoms with Gasteiger partial charge in [0.2, 0.25) is 5.91 Å². The number of carbonyl (C=O) groups is 2. The number of hydrogen-bond donors (Lipinski definition) is 2. The maximum atomic E-state index is 12.3. The van der Waals surface area contributed by atoms with Gasteiger partial charge in [0.15, 0.2) is 5.13 Å². The monoisotopic (exact) mass is 323 g/mol. The van der Waals surface area contributed by atoms with Gasteiger partial charge in [0.1, 0.15) is 6.04 Å². The Kier molecular flexibility index (Phi) is 5.08. The summed E-state index contributed by atoms with van der Waals surface area (Å²) in [6.45, 7) is 5.71. The fraction of sp³-hybridized carbons (Fsp3) is 0.357. The molecular formula is C14H17N3O2S2. The number of rotatable bonds is 5. The van der Waals surface area contributed by atoms with Gasteiger partial charge in [0.05, 0.1) is 4.88 Å². The number of amides is 2. The van der Waals surface area contributed by atoms with Crippen LogP contribution < -0.4 is 10.6 Å². The lowest BCUT2D eigenvalue weighted by atomic mass is 10.0. The normalized spacial score (nSPS) is 12.2. The van der Waals surface area contributed by atoms with Crippen LogP contribution in [0.1, 0.15) is 28.4 Å². The molecule has 0 fully saturated rings. The van der Waals surface area contributed by atoms with Crippen molar-refractivity contribution in [2.24, 2.45) is 5.92 Å². The highest BCUT2D eigenvalue weighted by atomic mass is 32.1. The highest BCUT2D eigenvalue weighted by Crippen LogP contribution is 2.18. The molecule has 21 heavy (non-hydrogen) atoms. The summed E-state index contributed by atoms with van der Waals surface area (Å²) in [5.74, 6) is -0.492. The molecule has 0 aliphatic heterocycles. The number of nitrogens with zero attached hydrogens (tertiary/aromatic N) is 1. The Hall–Kier alpha value is -1.73. The predicted octanol–water partition coefficient (Wildman–Crippen LogP) is 2.91. The van der Waals surface area contributed by atoms with Gasteiger partial charge in [-0.1, -0.05) is 19.9 Å². The van der Waals surface area contributed by atoms with Gasteiger partial charge in [-0.15, -0.1) is 22.7 Å². The standard InChI is InChI=1S/C14H17N3O2S2/c1-8(2)11(16-12(18)10-5-4-6-20-10)13(19)17-14-15-7-9(3)21-14/h4-8,11H,1-3H3,(H,16,18)(H,15,17,19)/t11-/m0/s1. The Morgan fingerprint density at radius 1 is 1.33 bits per heavy atom. The Morgan fingerprint density at radius 2 is 2.10 bits per heavy atom. The molecule has 2 rings (SSSR count). The van der Waals surface area contributed by atoms with E-state index in [0.29, 0.717) is 10.0 Å². The maximum absolute atomic E-state index is 12.3. The molecule has 0 bridgehead atoms. The smallest absolute Gasteiger partial charge is 0.262 e. The van der Waals surface area contributed by atoms with Crippen molar-refractivity contribution in [3.05, 3.63) is 33.5 Å². The average molecular weight is 323 g/mol. The van der Waals surface area contributed by atoms with E-state index in [0.717, 1.165) is 4.88 Å². The second-order valence-corrected chi connectivity index (χ2v) is 7.12. The fourth-order valence-electron chi connectivity index (χ4n) is 1.75. The average Bonchev–Trinajstić information content (AvgIpc) is 3.06. The van der Waals surface area contributed by atoms with E-state index in [4.69, 9.17) is 0 Å². The summed E-state index contributed by atoms with van der Waals surface area (Å²) in [6, 6.07) is 2.95. The number of aryl methyl sites for hydroxylation is 1. The van der Waals surface area contributed by atoms with Crippen LogP contribution in [-0.4, -0.2) is 22.8 Å². The van der Waals surface area contributed by atoms with Crippen molar-refractivity contribution in [1.29, 1.82) is 0 Å². The second-order valence-electron chi connectivity index (χ2n) is 4.94. The molecule has 0 aliphatic rings. The molecule has 0 aliphatic carbocycles. The van der Waals surface area contributed by atoms with E-state index in [9.17, 15) is 9.59 Å². The first-order valence-electron chi connectivity index (χ1n) is 6.55. The third-order valence-corrected chi connectivity index (χ3v) is 4.53. The van der Waals surface area contributed by atoms with E-state index in [2.05, 4.69) is 15.6 Å². The highest BCUT2D eigenvalue weighted by Gasteiger charge is 2.25. The molecule has 2 N–H and O–H groups in total. The molecule has 2 amide bonds. The van der Waals surface area contributed by atoms with Crippen LogP contribution in [0.2, 0.25) is 0 Å². The predicted molar refractivity (Wildman–Crippen MR) is 85.9 cm³/mol. The second kappa shape index (κ2) is 6.82. The van der Waals surface area contributed by atoms with Gasteiger partial charge in [-0.2, -0.15) is 0 Å². The van der Waals surface area contributed by atoms with Crippen LogP contribution in [0.15, 0.2) is 23.7 Å². The van der Waals surface area contributed by atoms with Gasteiger partial charge in [0, 0.05) is 11.1 Å². The molecule has 0 unspecified atom stereocenters. The zero-order valence-electron chi connectivity index (χ0n) is 12.0. The van der Waals surface area contributed by atoms with Crippen LogP contribution in [0, 0.1) is 12.8 Å². The molecule has 7 heteroatoms. The summed E-state index contributed by atoms with van der Waals surface area (Å²) < 4.78 is 0. The van der Waals surface area contributed by atoms with Crippen molar-refractivity contribution in [3.8, 4) is 0 Å². The minimum atomic E-state index is -0.594. The first kappa shape index (κ1) is 15.7. The molecule has 0 saturated heterocycles. The summed E-state index contributed by atoms with van der Waals surface area (Å²) in [5.41, 5.74) is 0. The molecule has 0 aromatic carbocycles. The summed E-state index contributed by atoms with van der Waals surface area (Å²) in [7, 11) is 0. The van der Waals surface area contributed by atoms with Crippen LogP contribution in [0.3, 0.4) is 0 Å². The summed E-state index contributed by atoms with van der Waals surface area (Å²) in [5, 5.41) is 7.91. The van der Waals surface area contributed by atoms with E-state index in [1.807, 2.05) is 32.2 Å². The molecular weight excluding hydrogens is 306 g/mol. The van der Waals surface area contributed by atoms with E-state index in [-0.39, 0.29) is 17.7 Å². The first-order valence-corrected chi connectivity index (χ1v) is 8.24. The van der Waals surface area contributed by atoms with E-state index < -0.39 is 6.04 Å². The van der Waals surface area contributed by atoms with Crippen LogP contribution >= 0.6 is 22.7 Å². The Balaban J connectivity index is 2.04. The molecule has 1 atom stereocenters. The number of thiophene rings is 1. The molecule has 2 aromatic rings. The lowest BCUT2D eigenvalue weighted by Crippen LogP contribution is -2.46. The minimum Gasteiger partial charge on any atom is -0.339 e. The van der Waals surface area contributed by atoms with Crippen LogP contribution in [-0.2, 0) is 4.79 Å². The van der Waals surface area contributed by atoms with Gasteiger partial charge >= 0.3 is 0 Å². The minimum absolute atomic E-state index is 0.0185. The largest absolute Gasteiger partial charge is 0.339 e. The number of aromatic nitrogens is 1. The quantitative estimate of drug-likeness (QED) is 0.889. The zero-order chi connectivity index (χ0) is 15.4. The van der Waals surface area contributed by atoms with Gasteiger partial charge in [-0.25, -0.2) is 4.98 Å². The molecule has 2 heterocycles. The first-order chi connectivity index (χ1) is 9.97. The lowest BCUT2D eigenvalue weighted by Gasteiger charge is -2.20. The van der Waals surface area contributed by atoms with E-state index in [1.165, 1.54) is 22.7 Å². The van der Waals surface area contributed by atoms with Crippen molar-refractivity contribution in [2.45, 2.75) is 26.8 Å². The summed E-state index contributed by atoms with van der Waals surface area (Å²) in [4.78, 5) is 30.1. The number of hydrogen-bond acceptors (Lipinski definition) is 5. The number of thiazole rings is 1. The SMILES string of the molecule is Cc1cnc(NC(=O)[C@@H](NC(=O)c2cccs2)C(C)C)s1. The van der Waals surface area contributed by atoms with Gasteiger partial charge < -0.3 is 10.6 Å². The van der Waals surface area contributed by atoms with Gasteiger partial charge in [-0.05, 0) is 24.3 Å². The zero-order valence-corrected chi connectivity index (χ0v) is 13.7. The number of nitrogens with one attached hydrogen (secondary N) is 2. The fourth-order valence-corrected chi connectivity index (χ4v) is 3.05. The molecule has 112 valence electrons. The van der Waals surface area contributed by atoms with Gasteiger partial charge in [0.25, 0.3) is 5.91 Å². The third kappa shape index (κ3) is 4.12. The number of carbonyl (C=O) groups excluding carboxylic acids is 2. The van der Waals surface area contributed by atoms with Crippen molar-refractivity contribution in [3.63, 3.8) is 0 Å². The Morgan fingerprint density at radius 3 is 2.62 bits per heavy atom. The Bertz CT molecular complexity index is 620. The highest BCUT2D eigenvalue weighted by molar-refractivity contribution is 7.15. The molecule has 2 aromatic heterocycles. The maximum Gasteiger partial charge on any atom is 0.262 e. The topological polar surface area (TPSA) is 71.1 Å². The number of anilines is 1. The van der Waals surface area contributed by atoms with Crippen LogP contribution in [0.4, 0.5) is 5.13 Å². The van der Waals surface area contributed by atoms with E-state index >= 15 is 0 Å². The van der Waals surface area contributed by atoms with Crippen molar-refractivity contribution in [1.82, 2.24) is 10.3 Å². The van der Waals surface area contributed by atoms with Crippen molar-refractivity contribution >= 4 is 39.6 Å². The Labute approximate surface area is 131 Å². The van der Waals surface area contributed by atoms with Crippen LogP contribution in [0.25, 0.3) is 0 Å². The van der Waals surface area contributed by atoms with E-state index in [1.54, 1.807) is 12.3 Å². The summed E-state index contributed by atoms with van der Waals surface area (Å²) in [6.07, 6.45) is 1.70. The molecule has 0 spiro atoms.